The van der Waals surface area contributed by atoms with Crippen LogP contribution >= 0.6 is 0 Å². The summed E-state index contributed by atoms with van der Waals surface area (Å²) in [6.45, 7) is 8.01. The van der Waals surface area contributed by atoms with E-state index in [0.717, 1.165) is 26.3 Å². The quantitative estimate of drug-likeness (QED) is 0.269. The zero-order valence-corrected chi connectivity index (χ0v) is 29.2. The first-order valence-electron chi connectivity index (χ1n) is 16.6. The van der Waals surface area contributed by atoms with Crippen molar-refractivity contribution in [1.82, 2.24) is 0 Å². The molecule has 274 valence electrons. The molecule has 5 rings (SSSR count). The summed E-state index contributed by atoms with van der Waals surface area (Å²) in [6.07, 6.45) is -2.16. The van der Waals surface area contributed by atoms with E-state index < -0.39 is 102 Å². The van der Waals surface area contributed by atoms with E-state index in [1.54, 1.807) is 12.3 Å². The van der Waals surface area contributed by atoms with Gasteiger partial charge < -0.3 is 42.3 Å². The minimum absolute atomic E-state index is 0.0572. The molecule has 3 heterocycles. The molecular weight excluding hydrogens is 660 g/mol. The van der Waals surface area contributed by atoms with Gasteiger partial charge in [0.1, 0.15) is 18.8 Å². The molecule has 2 saturated heterocycles. The van der Waals surface area contributed by atoms with Crippen LogP contribution in [0.5, 0.6) is 0 Å². The normalized spacial score (nSPS) is 36.3. The van der Waals surface area contributed by atoms with Gasteiger partial charge in [-0.1, -0.05) is 19.9 Å². The number of rotatable bonds is 9. The van der Waals surface area contributed by atoms with E-state index in [1.807, 2.05) is 19.9 Å². The van der Waals surface area contributed by atoms with Gasteiger partial charge in [0.25, 0.3) is 0 Å². The van der Waals surface area contributed by atoms with Crippen LogP contribution < -0.4 is 0 Å². The minimum atomic E-state index is -1.53. The standard InChI is InChI=1S/C35H44O15/c1-17(36)44-16-25-28(45-18(2)37)29(46-19(3)38)30(47-20(4)39)33(49-25)50-27-13-23-32(41)48-24(21-11-12-43-15-21)14-34(23,5)26-10-8-9-22(31(40)42-7)35(26,27)6/h9,11-12,15,23-30,33H,8,10,13-14,16H2,1-7H3/t23-,24+,25-,26+,27-,28-,29+,30-,33+,34-,35+/m1/s1. The molecule has 0 amide bonds. The highest BCUT2D eigenvalue weighted by Gasteiger charge is 2.66. The molecule has 3 fully saturated rings. The van der Waals surface area contributed by atoms with E-state index in [0.29, 0.717) is 24.8 Å². The van der Waals surface area contributed by atoms with Crippen LogP contribution in [0, 0.1) is 22.7 Å². The predicted molar refractivity (Wildman–Crippen MR) is 166 cm³/mol. The van der Waals surface area contributed by atoms with E-state index in [1.165, 1.54) is 20.3 Å². The third-order valence-corrected chi connectivity index (χ3v) is 10.6. The minimum Gasteiger partial charge on any atom is -0.472 e. The van der Waals surface area contributed by atoms with Crippen molar-refractivity contribution >= 4 is 35.8 Å². The van der Waals surface area contributed by atoms with Gasteiger partial charge >= 0.3 is 35.8 Å². The van der Waals surface area contributed by atoms with Gasteiger partial charge in [0.05, 0.1) is 31.7 Å². The number of fused-ring (bicyclic) bond motifs is 3. The van der Waals surface area contributed by atoms with Crippen molar-refractivity contribution in [1.29, 1.82) is 0 Å². The fourth-order valence-electron chi connectivity index (χ4n) is 8.51. The Labute approximate surface area is 289 Å². The SMILES string of the molecule is COC(=O)C1=CCC[C@H]2[C@]3(C)C[C@@H](c4ccoc4)OC(=O)[C@H]3C[C@@H](O[C@@H]3O[C@H](COC(C)=O)[C@@H](OC(C)=O)[C@H](OC(C)=O)[C@H]3OC(C)=O)[C@@]12C. The van der Waals surface area contributed by atoms with Gasteiger partial charge in [-0.15, -0.1) is 0 Å². The number of methoxy groups -OCH3 is 1. The number of cyclic esters (lactones) is 1. The molecule has 0 radical (unpaired) electrons. The summed E-state index contributed by atoms with van der Waals surface area (Å²) in [5, 5.41) is 0. The lowest BCUT2D eigenvalue weighted by atomic mass is 9.44. The van der Waals surface area contributed by atoms with E-state index in [9.17, 15) is 28.8 Å². The van der Waals surface area contributed by atoms with Crippen molar-refractivity contribution in [3.8, 4) is 0 Å². The van der Waals surface area contributed by atoms with Crippen molar-refractivity contribution in [3.05, 3.63) is 35.8 Å². The Balaban J connectivity index is 1.59. The summed E-state index contributed by atoms with van der Waals surface area (Å²) in [5.41, 5.74) is -0.699. The molecule has 0 N–H and O–H groups in total. The Morgan fingerprint density at radius 3 is 2.18 bits per heavy atom. The fraction of sp³-hybridized carbons (Fsp3) is 0.657. The molecule has 1 aromatic rings. The molecule has 4 aliphatic rings. The van der Waals surface area contributed by atoms with Crippen LogP contribution in [0.15, 0.2) is 34.7 Å². The maximum absolute atomic E-state index is 13.9. The number of esters is 6. The molecule has 1 saturated carbocycles. The monoisotopic (exact) mass is 704 g/mol. The molecule has 15 heteroatoms. The summed E-state index contributed by atoms with van der Waals surface area (Å²) in [6, 6.07) is 1.75. The van der Waals surface area contributed by atoms with Crippen molar-refractivity contribution in [2.24, 2.45) is 22.7 Å². The number of carbonyl (C=O) groups excluding carboxylic acids is 6. The van der Waals surface area contributed by atoms with Crippen molar-refractivity contribution in [3.63, 3.8) is 0 Å². The zero-order valence-electron chi connectivity index (χ0n) is 29.2. The van der Waals surface area contributed by atoms with Crippen molar-refractivity contribution in [2.75, 3.05) is 13.7 Å². The van der Waals surface area contributed by atoms with Gasteiger partial charge in [0.15, 0.2) is 24.6 Å². The molecule has 0 bridgehead atoms. The number of carbonyl (C=O) groups is 6. The van der Waals surface area contributed by atoms with Crippen LogP contribution in [0.3, 0.4) is 0 Å². The van der Waals surface area contributed by atoms with E-state index >= 15 is 0 Å². The van der Waals surface area contributed by atoms with E-state index in [2.05, 4.69) is 0 Å². The highest BCUT2D eigenvalue weighted by molar-refractivity contribution is 5.90. The van der Waals surface area contributed by atoms with Crippen LogP contribution in [-0.2, 0) is 66.7 Å². The number of hydrogen-bond acceptors (Lipinski definition) is 15. The summed E-state index contributed by atoms with van der Waals surface area (Å²) in [5.74, 6) is -5.06. The first-order chi connectivity index (χ1) is 23.6. The molecule has 0 unspecified atom stereocenters. The van der Waals surface area contributed by atoms with E-state index in [4.69, 9.17) is 42.3 Å². The van der Waals surface area contributed by atoms with Gasteiger partial charge in [-0.05, 0) is 43.1 Å². The maximum atomic E-state index is 13.9. The first-order valence-corrected chi connectivity index (χ1v) is 16.6. The van der Waals surface area contributed by atoms with E-state index in [-0.39, 0.29) is 12.3 Å². The Morgan fingerprint density at radius 1 is 0.920 bits per heavy atom. The highest BCUT2D eigenvalue weighted by atomic mass is 16.7. The Kier molecular flexibility index (Phi) is 10.8. The molecule has 15 nitrogen and oxygen atoms in total. The summed E-state index contributed by atoms with van der Waals surface area (Å²) in [4.78, 5) is 76.3. The van der Waals surface area contributed by atoms with Gasteiger partial charge in [0, 0.05) is 44.2 Å². The maximum Gasteiger partial charge on any atom is 0.334 e. The van der Waals surface area contributed by atoms with Crippen LogP contribution in [0.4, 0.5) is 0 Å². The second kappa shape index (κ2) is 14.5. The van der Waals surface area contributed by atoms with Crippen LogP contribution in [-0.4, -0.2) is 86.3 Å². The Hall–Kier alpha value is -4.24. The van der Waals surface area contributed by atoms with Crippen LogP contribution in [0.2, 0.25) is 0 Å². The zero-order chi connectivity index (χ0) is 36.5. The van der Waals surface area contributed by atoms with Gasteiger partial charge in [-0.3, -0.25) is 24.0 Å². The second-order valence-corrected chi connectivity index (χ2v) is 13.7. The Morgan fingerprint density at radius 2 is 1.58 bits per heavy atom. The lowest BCUT2D eigenvalue weighted by molar-refractivity contribution is -0.332. The van der Waals surface area contributed by atoms with Crippen LogP contribution in [0.1, 0.15) is 78.9 Å². The number of ether oxygens (including phenoxy) is 8. The molecule has 50 heavy (non-hydrogen) atoms. The summed E-state index contributed by atoms with van der Waals surface area (Å²) < 4.78 is 51.4. The topological polar surface area (TPSA) is 189 Å². The largest absolute Gasteiger partial charge is 0.472 e. The van der Waals surface area contributed by atoms with Crippen molar-refractivity contribution in [2.45, 2.75) is 110 Å². The van der Waals surface area contributed by atoms with Gasteiger partial charge in [0.2, 0.25) is 0 Å². The molecule has 2 aliphatic heterocycles. The smallest absolute Gasteiger partial charge is 0.334 e. The molecule has 11 atom stereocenters. The van der Waals surface area contributed by atoms with Gasteiger partial charge in [-0.25, -0.2) is 4.79 Å². The lowest BCUT2D eigenvalue weighted by Crippen LogP contribution is -2.66. The number of allylic oxidation sites excluding steroid dienone is 1. The number of furan rings is 1. The van der Waals surface area contributed by atoms with Gasteiger partial charge in [-0.2, -0.15) is 0 Å². The third kappa shape index (κ3) is 7.02. The first kappa shape index (κ1) is 37.0. The lowest BCUT2D eigenvalue weighted by Gasteiger charge is -2.62. The molecule has 0 spiro atoms. The van der Waals surface area contributed by atoms with Crippen molar-refractivity contribution < 1.29 is 71.1 Å². The molecular formula is C35H44O15. The highest BCUT2D eigenvalue weighted by Crippen LogP contribution is 2.65. The fourth-order valence-corrected chi connectivity index (χ4v) is 8.51. The average Bonchev–Trinajstić information content (AvgIpc) is 3.58. The Bertz CT molecular complexity index is 1520. The molecule has 0 aromatic carbocycles. The average molecular weight is 705 g/mol. The van der Waals surface area contributed by atoms with Crippen LogP contribution in [0.25, 0.3) is 0 Å². The summed E-state index contributed by atoms with van der Waals surface area (Å²) in [7, 11) is 1.28. The number of hydrogen-bond donors (Lipinski definition) is 0. The second-order valence-electron chi connectivity index (χ2n) is 13.7. The summed E-state index contributed by atoms with van der Waals surface area (Å²) >= 11 is 0. The molecule has 2 aliphatic carbocycles. The molecule has 1 aromatic heterocycles. The third-order valence-electron chi connectivity index (χ3n) is 10.6. The predicted octanol–water partition coefficient (Wildman–Crippen LogP) is 3.28.